The van der Waals surface area contributed by atoms with Crippen molar-refractivity contribution >= 4 is 44.0 Å². The van der Waals surface area contributed by atoms with Crippen LogP contribution in [0.1, 0.15) is 32.0 Å². The molecule has 0 aliphatic carbocycles. The Balaban J connectivity index is 1.67. The number of halogens is 1. The molecule has 0 aliphatic rings. The van der Waals surface area contributed by atoms with E-state index >= 15 is 0 Å². The van der Waals surface area contributed by atoms with Gasteiger partial charge in [0, 0.05) is 23.3 Å². The van der Waals surface area contributed by atoms with E-state index in [9.17, 15) is 18.0 Å². The van der Waals surface area contributed by atoms with Gasteiger partial charge in [-0.25, -0.2) is 18.6 Å². The van der Waals surface area contributed by atoms with Crippen molar-refractivity contribution in [1.29, 1.82) is 0 Å². The van der Waals surface area contributed by atoms with Crippen molar-refractivity contribution in [2.75, 3.05) is 0 Å². The highest BCUT2D eigenvalue weighted by atomic mass is 79.9. The van der Waals surface area contributed by atoms with Crippen LogP contribution in [0, 0.1) is 6.92 Å². The van der Waals surface area contributed by atoms with Gasteiger partial charge in [-0.2, -0.15) is 5.10 Å². The van der Waals surface area contributed by atoms with Crippen molar-refractivity contribution in [1.82, 2.24) is 14.7 Å². The molecular weight excluding hydrogens is 484 g/mol. The highest BCUT2D eigenvalue weighted by Gasteiger charge is 2.20. The number of benzene rings is 2. The van der Waals surface area contributed by atoms with E-state index < -0.39 is 15.9 Å². The number of carbonyl (C=O) groups excluding carboxylic acids is 2. The lowest BCUT2D eigenvalue weighted by Crippen LogP contribution is -2.30. The molecule has 1 aromatic heterocycles. The van der Waals surface area contributed by atoms with Crippen LogP contribution in [0.15, 0.2) is 75.3 Å². The molecule has 0 saturated heterocycles. The largest absolute Gasteiger partial charge is 0.349 e. The van der Waals surface area contributed by atoms with Crippen LogP contribution in [0.25, 0.3) is 0 Å². The number of nitrogens with zero attached hydrogens (tertiary/aromatic N) is 2. The number of hydrazone groups is 1. The number of aryl methyl sites for hydroxylation is 2. The Morgan fingerprint density at radius 2 is 1.65 bits per heavy atom. The fourth-order valence-electron chi connectivity index (χ4n) is 2.61. The number of amides is 2. The summed E-state index contributed by atoms with van der Waals surface area (Å²) >= 11 is 3.30. The average Bonchev–Trinajstić information content (AvgIpc) is 3.09. The number of rotatable bonds is 6. The third-order valence-electron chi connectivity index (χ3n) is 4.33. The second-order valence-corrected chi connectivity index (χ2v) is 9.32. The first kappa shape index (κ1) is 22.4. The van der Waals surface area contributed by atoms with Crippen LogP contribution < -0.4 is 10.1 Å². The Morgan fingerprint density at radius 1 is 1.00 bits per heavy atom. The van der Waals surface area contributed by atoms with Crippen LogP contribution in [0.3, 0.4) is 0 Å². The Morgan fingerprint density at radius 3 is 2.29 bits per heavy atom. The van der Waals surface area contributed by atoms with Crippen molar-refractivity contribution in [2.24, 2.45) is 12.1 Å². The third kappa shape index (κ3) is 5.68. The predicted molar refractivity (Wildman–Crippen MR) is 120 cm³/mol. The summed E-state index contributed by atoms with van der Waals surface area (Å²) < 4.78 is 29.3. The lowest BCUT2D eigenvalue weighted by Gasteiger charge is -2.06. The van der Waals surface area contributed by atoms with Crippen LogP contribution in [-0.2, 0) is 17.1 Å². The van der Waals surface area contributed by atoms with Crippen LogP contribution in [0.5, 0.6) is 0 Å². The highest BCUT2D eigenvalue weighted by molar-refractivity contribution is 9.10. The standard InChI is InChI=1S/C21H19BrN4O4S/c1-14-3-9-19(10-4-14)31(29,30)25-21(28)16-11-18(26(2)13-16)12-23-24-20(27)15-5-7-17(22)8-6-15/h3-13H,1-2H3,(H,24,27)(H,25,28)/b23-12-. The monoisotopic (exact) mass is 502 g/mol. The van der Waals surface area contributed by atoms with Gasteiger partial charge in [-0.05, 0) is 49.4 Å². The number of carbonyl (C=O) groups is 2. The Hall–Kier alpha value is -3.24. The van der Waals surface area contributed by atoms with E-state index in [1.54, 1.807) is 48.0 Å². The lowest BCUT2D eigenvalue weighted by atomic mass is 10.2. The molecule has 2 aromatic carbocycles. The molecule has 3 rings (SSSR count). The summed E-state index contributed by atoms with van der Waals surface area (Å²) in [6.07, 6.45) is 2.83. The molecule has 10 heteroatoms. The van der Waals surface area contributed by atoms with Gasteiger partial charge < -0.3 is 4.57 Å². The highest BCUT2D eigenvalue weighted by Crippen LogP contribution is 2.12. The third-order valence-corrected chi connectivity index (χ3v) is 6.21. The second kappa shape index (κ2) is 9.27. The lowest BCUT2D eigenvalue weighted by molar-refractivity contribution is 0.0952. The number of hydrogen-bond acceptors (Lipinski definition) is 5. The fraction of sp³-hybridized carbons (Fsp3) is 0.0952. The zero-order chi connectivity index (χ0) is 22.6. The number of aromatic nitrogens is 1. The van der Waals surface area contributed by atoms with E-state index in [2.05, 4.69) is 31.2 Å². The minimum absolute atomic E-state index is 0.000166. The zero-order valence-corrected chi connectivity index (χ0v) is 19.1. The molecule has 0 fully saturated rings. The molecule has 1 heterocycles. The van der Waals surface area contributed by atoms with Crippen LogP contribution in [0.4, 0.5) is 0 Å². The minimum atomic E-state index is -3.99. The van der Waals surface area contributed by atoms with Gasteiger partial charge in [0.15, 0.2) is 0 Å². The van der Waals surface area contributed by atoms with Gasteiger partial charge in [0.25, 0.3) is 21.8 Å². The molecule has 8 nitrogen and oxygen atoms in total. The molecule has 0 radical (unpaired) electrons. The molecule has 0 aliphatic heterocycles. The maximum Gasteiger partial charge on any atom is 0.271 e. The summed E-state index contributed by atoms with van der Waals surface area (Å²) in [6.45, 7) is 1.84. The van der Waals surface area contributed by atoms with E-state index in [-0.39, 0.29) is 16.4 Å². The molecular formula is C21H19BrN4O4S. The summed E-state index contributed by atoms with van der Waals surface area (Å²) in [4.78, 5) is 24.5. The minimum Gasteiger partial charge on any atom is -0.349 e. The van der Waals surface area contributed by atoms with Gasteiger partial charge in [0.05, 0.1) is 22.4 Å². The number of nitrogens with one attached hydrogen (secondary N) is 2. The molecule has 2 N–H and O–H groups in total. The molecule has 0 unspecified atom stereocenters. The summed E-state index contributed by atoms with van der Waals surface area (Å²) in [5, 5.41) is 3.90. The predicted octanol–water partition coefficient (Wildman–Crippen LogP) is 2.98. The van der Waals surface area contributed by atoms with Crippen molar-refractivity contribution in [3.8, 4) is 0 Å². The number of sulfonamides is 1. The maximum atomic E-state index is 12.4. The SMILES string of the molecule is Cc1ccc(S(=O)(=O)NC(=O)c2cc(/C=N\NC(=O)c3ccc(Br)cc3)n(C)c2)cc1. The maximum absolute atomic E-state index is 12.4. The van der Waals surface area contributed by atoms with Crippen LogP contribution in [0.2, 0.25) is 0 Å². The van der Waals surface area contributed by atoms with Crippen molar-refractivity contribution in [3.63, 3.8) is 0 Å². The number of hydrogen-bond donors (Lipinski definition) is 2. The van der Waals surface area contributed by atoms with E-state index in [1.165, 1.54) is 30.6 Å². The quantitative estimate of drug-likeness (QED) is 0.398. The Bertz CT molecular complexity index is 1250. The smallest absolute Gasteiger partial charge is 0.271 e. The summed E-state index contributed by atoms with van der Waals surface area (Å²) in [5.41, 5.74) is 4.38. The van der Waals surface area contributed by atoms with E-state index in [0.29, 0.717) is 11.3 Å². The van der Waals surface area contributed by atoms with Crippen LogP contribution in [-0.4, -0.2) is 31.0 Å². The zero-order valence-electron chi connectivity index (χ0n) is 16.7. The van der Waals surface area contributed by atoms with Crippen molar-refractivity contribution in [2.45, 2.75) is 11.8 Å². The fourth-order valence-corrected chi connectivity index (χ4v) is 3.85. The first-order chi connectivity index (χ1) is 14.7. The van der Waals surface area contributed by atoms with E-state index in [0.717, 1.165) is 10.0 Å². The molecule has 0 atom stereocenters. The summed E-state index contributed by atoms with van der Waals surface area (Å²) in [6, 6.07) is 14.4. The molecule has 0 bridgehead atoms. The molecule has 0 spiro atoms. The molecule has 31 heavy (non-hydrogen) atoms. The van der Waals surface area contributed by atoms with Gasteiger partial charge in [-0.1, -0.05) is 33.6 Å². The van der Waals surface area contributed by atoms with E-state index in [4.69, 9.17) is 0 Å². The molecule has 0 saturated carbocycles. The molecule has 160 valence electrons. The first-order valence-electron chi connectivity index (χ1n) is 9.05. The molecule has 2 amide bonds. The Labute approximate surface area is 188 Å². The average molecular weight is 503 g/mol. The van der Waals surface area contributed by atoms with Gasteiger partial charge in [-0.3, -0.25) is 9.59 Å². The van der Waals surface area contributed by atoms with Gasteiger partial charge in [-0.15, -0.1) is 0 Å². The topological polar surface area (TPSA) is 110 Å². The first-order valence-corrected chi connectivity index (χ1v) is 11.3. The van der Waals surface area contributed by atoms with Crippen molar-refractivity contribution in [3.05, 3.63) is 87.7 Å². The summed E-state index contributed by atoms with van der Waals surface area (Å²) in [7, 11) is -2.32. The van der Waals surface area contributed by atoms with Gasteiger partial charge in [0.1, 0.15) is 0 Å². The normalized spacial score (nSPS) is 11.5. The van der Waals surface area contributed by atoms with Gasteiger partial charge in [0.2, 0.25) is 0 Å². The van der Waals surface area contributed by atoms with Gasteiger partial charge >= 0.3 is 0 Å². The van der Waals surface area contributed by atoms with E-state index in [1.807, 2.05) is 6.92 Å². The van der Waals surface area contributed by atoms with Crippen LogP contribution >= 0.6 is 15.9 Å². The summed E-state index contributed by atoms with van der Waals surface area (Å²) in [5.74, 6) is -1.16. The Kier molecular flexibility index (Phi) is 6.71. The van der Waals surface area contributed by atoms with Crippen molar-refractivity contribution < 1.29 is 18.0 Å². The second-order valence-electron chi connectivity index (χ2n) is 6.72. The molecule has 3 aromatic rings.